The predicted molar refractivity (Wildman–Crippen MR) is 92.0 cm³/mol. The monoisotopic (exact) mass is 356 g/mol. The Kier molecular flexibility index (Phi) is 6.87. The number of piperidine rings is 1. The molecule has 0 aliphatic carbocycles. The van der Waals surface area contributed by atoms with Gasteiger partial charge in [-0.25, -0.2) is 0 Å². The van der Waals surface area contributed by atoms with Gasteiger partial charge in [0.15, 0.2) is 0 Å². The number of likely N-dealkylation sites (tertiary alicyclic amines) is 1. The van der Waals surface area contributed by atoms with Crippen LogP contribution in [-0.4, -0.2) is 29.9 Å². The van der Waals surface area contributed by atoms with Crippen molar-refractivity contribution in [3.8, 4) is 0 Å². The minimum atomic E-state index is -4.33. The number of unbranched alkanes of at least 4 members (excludes halogenated alkanes) is 1. The molecule has 1 aromatic rings. The van der Waals surface area contributed by atoms with Crippen molar-refractivity contribution >= 4 is 5.91 Å². The van der Waals surface area contributed by atoms with E-state index in [1.807, 2.05) is 0 Å². The third-order valence-electron chi connectivity index (χ3n) is 4.85. The lowest BCUT2D eigenvalue weighted by Crippen LogP contribution is -2.46. The molecule has 2 rings (SSSR count). The molecule has 1 saturated heterocycles. The van der Waals surface area contributed by atoms with E-state index >= 15 is 0 Å². The molecular weight excluding hydrogens is 329 g/mol. The van der Waals surface area contributed by atoms with E-state index in [1.165, 1.54) is 12.1 Å². The number of nitrogens with zero attached hydrogens (tertiary/aromatic N) is 1. The molecule has 1 fully saturated rings. The summed E-state index contributed by atoms with van der Waals surface area (Å²) >= 11 is 0. The first-order chi connectivity index (χ1) is 11.8. The minimum Gasteiger partial charge on any atom is -0.356 e. The van der Waals surface area contributed by atoms with Crippen molar-refractivity contribution in [2.45, 2.75) is 58.3 Å². The van der Waals surface area contributed by atoms with Gasteiger partial charge < -0.3 is 5.32 Å². The molecule has 3 nitrogen and oxygen atoms in total. The zero-order valence-corrected chi connectivity index (χ0v) is 14.9. The van der Waals surface area contributed by atoms with Gasteiger partial charge in [0.25, 0.3) is 0 Å². The normalized spacial score (nSPS) is 22.0. The summed E-state index contributed by atoms with van der Waals surface area (Å²) in [5.74, 6) is -0.0201. The van der Waals surface area contributed by atoms with Crippen molar-refractivity contribution < 1.29 is 18.0 Å². The number of rotatable bonds is 6. The fourth-order valence-electron chi connectivity index (χ4n) is 3.23. The predicted octanol–water partition coefficient (Wildman–Crippen LogP) is 4.22. The van der Waals surface area contributed by atoms with Crippen molar-refractivity contribution in [2.24, 2.45) is 5.92 Å². The number of hydrogen-bond acceptors (Lipinski definition) is 2. The van der Waals surface area contributed by atoms with E-state index in [-0.39, 0.29) is 17.9 Å². The quantitative estimate of drug-likeness (QED) is 0.774. The molecule has 1 N–H and O–H groups in total. The summed E-state index contributed by atoms with van der Waals surface area (Å²) in [5.41, 5.74) is 0.0113. The average molecular weight is 356 g/mol. The lowest BCUT2D eigenvalue weighted by atomic mass is 9.92. The molecule has 140 valence electrons. The summed E-state index contributed by atoms with van der Waals surface area (Å²) in [4.78, 5) is 14.4. The van der Waals surface area contributed by atoms with Gasteiger partial charge in [-0.2, -0.15) is 13.2 Å². The van der Waals surface area contributed by atoms with Gasteiger partial charge in [0.05, 0.1) is 11.5 Å². The van der Waals surface area contributed by atoms with Crippen molar-refractivity contribution in [3.05, 3.63) is 35.4 Å². The van der Waals surface area contributed by atoms with E-state index in [0.717, 1.165) is 31.7 Å². The van der Waals surface area contributed by atoms with Gasteiger partial charge in [-0.15, -0.1) is 0 Å². The lowest BCUT2D eigenvalue weighted by molar-refractivity contribution is -0.137. The van der Waals surface area contributed by atoms with Crippen molar-refractivity contribution in [1.82, 2.24) is 10.2 Å². The SMILES string of the molecule is CCCCNC(=O)C1CCC(C)N(Cc2cccc(C(F)(F)F)c2)C1. The molecular formula is C19H27F3N2O. The number of halogens is 3. The van der Waals surface area contributed by atoms with Crippen LogP contribution >= 0.6 is 0 Å². The second-order valence-corrected chi connectivity index (χ2v) is 6.90. The fourth-order valence-corrected chi connectivity index (χ4v) is 3.23. The van der Waals surface area contributed by atoms with Crippen LogP contribution < -0.4 is 5.32 Å². The number of hydrogen-bond donors (Lipinski definition) is 1. The van der Waals surface area contributed by atoms with E-state index in [2.05, 4.69) is 24.1 Å². The Morgan fingerprint density at radius 3 is 2.76 bits per heavy atom. The Balaban J connectivity index is 1.99. The van der Waals surface area contributed by atoms with Crippen molar-refractivity contribution in [2.75, 3.05) is 13.1 Å². The molecule has 1 aliphatic heterocycles. The maximum Gasteiger partial charge on any atom is 0.416 e. The fraction of sp³-hybridized carbons (Fsp3) is 0.632. The molecule has 0 saturated carbocycles. The second kappa shape index (κ2) is 8.70. The highest BCUT2D eigenvalue weighted by molar-refractivity contribution is 5.78. The number of carbonyl (C=O) groups is 1. The van der Waals surface area contributed by atoms with Crippen LogP contribution in [0.25, 0.3) is 0 Å². The first-order valence-electron chi connectivity index (χ1n) is 8.99. The van der Waals surface area contributed by atoms with Gasteiger partial charge >= 0.3 is 6.18 Å². The van der Waals surface area contributed by atoms with Crippen LogP contribution in [0.1, 0.15) is 50.7 Å². The van der Waals surface area contributed by atoms with E-state index in [9.17, 15) is 18.0 Å². The summed E-state index contributed by atoms with van der Waals surface area (Å²) in [7, 11) is 0. The van der Waals surface area contributed by atoms with Crippen LogP contribution in [0.5, 0.6) is 0 Å². The molecule has 1 amide bonds. The number of amides is 1. The smallest absolute Gasteiger partial charge is 0.356 e. The summed E-state index contributed by atoms with van der Waals surface area (Å²) in [6.45, 7) is 5.86. The summed E-state index contributed by atoms with van der Waals surface area (Å²) in [5, 5.41) is 2.97. The van der Waals surface area contributed by atoms with Crippen LogP contribution in [0.2, 0.25) is 0 Å². The number of nitrogens with one attached hydrogen (secondary N) is 1. The largest absolute Gasteiger partial charge is 0.416 e. The molecule has 0 radical (unpaired) electrons. The lowest BCUT2D eigenvalue weighted by Gasteiger charge is -2.37. The summed E-state index contributed by atoms with van der Waals surface area (Å²) in [6.07, 6.45) is -0.624. The standard InChI is InChI=1S/C19H27F3N2O/c1-3-4-10-23-18(25)16-9-8-14(2)24(13-16)12-15-6-5-7-17(11-15)19(20,21)22/h5-7,11,14,16H,3-4,8-10,12-13H2,1-2H3,(H,23,25). The minimum absolute atomic E-state index is 0.0643. The van der Waals surface area contributed by atoms with Crippen LogP contribution in [0.4, 0.5) is 13.2 Å². The number of benzene rings is 1. The van der Waals surface area contributed by atoms with E-state index < -0.39 is 11.7 Å². The van der Waals surface area contributed by atoms with E-state index in [1.54, 1.807) is 6.07 Å². The van der Waals surface area contributed by atoms with Crippen LogP contribution in [-0.2, 0) is 17.5 Å². The Morgan fingerprint density at radius 1 is 1.32 bits per heavy atom. The molecule has 6 heteroatoms. The first kappa shape index (κ1) is 19.8. The molecule has 0 bridgehead atoms. The Hall–Kier alpha value is -1.56. The molecule has 2 atom stereocenters. The van der Waals surface area contributed by atoms with E-state index in [4.69, 9.17) is 0 Å². The summed E-state index contributed by atoms with van der Waals surface area (Å²) < 4.78 is 38.6. The summed E-state index contributed by atoms with van der Waals surface area (Å²) in [6, 6.07) is 5.72. The van der Waals surface area contributed by atoms with E-state index in [0.29, 0.717) is 25.2 Å². The molecule has 0 spiro atoms. The topological polar surface area (TPSA) is 32.3 Å². The van der Waals surface area contributed by atoms with Gasteiger partial charge in [0.1, 0.15) is 0 Å². The van der Waals surface area contributed by atoms with Crippen molar-refractivity contribution in [3.63, 3.8) is 0 Å². The van der Waals surface area contributed by atoms with Crippen molar-refractivity contribution in [1.29, 1.82) is 0 Å². The maximum absolute atomic E-state index is 12.9. The van der Waals surface area contributed by atoms with Crippen LogP contribution in [0, 0.1) is 5.92 Å². The van der Waals surface area contributed by atoms with Gasteiger partial charge in [-0.3, -0.25) is 9.69 Å². The number of alkyl halides is 3. The van der Waals surface area contributed by atoms with Gasteiger partial charge in [0, 0.05) is 25.7 Å². The third-order valence-corrected chi connectivity index (χ3v) is 4.85. The zero-order valence-electron chi connectivity index (χ0n) is 14.9. The Bertz CT molecular complexity index is 574. The highest BCUT2D eigenvalue weighted by Crippen LogP contribution is 2.30. The van der Waals surface area contributed by atoms with Crippen LogP contribution in [0.15, 0.2) is 24.3 Å². The first-order valence-corrected chi connectivity index (χ1v) is 8.99. The van der Waals surface area contributed by atoms with Gasteiger partial charge in [0.2, 0.25) is 5.91 Å². The molecule has 1 aromatic carbocycles. The Morgan fingerprint density at radius 2 is 2.08 bits per heavy atom. The zero-order chi connectivity index (χ0) is 18.4. The van der Waals surface area contributed by atoms with Crippen LogP contribution in [0.3, 0.4) is 0 Å². The molecule has 1 aliphatic rings. The average Bonchev–Trinajstić information content (AvgIpc) is 2.56. The van der Waals surface area contributed by atoms with Gasteiger partial charge in [-0.05, 0) is 37.8 Å². The molecule has 25 heavy (non-hydrogen) atoms. The highest BCUT2D eigenvalue weighted by Gasteiger charge is 2.32. The molecule has 0 aromatic heterocycles. The molecule has 1 heterocycles. The Labute approximate surface area is 147 Å². The third kappa shape index (κ3) is 5.73. The highest BCUT2D eigenvalue weighted by atomic mass is 19.4. The second-order valence-electron chi connectivity index (χ2n) is 6.90. The van der Waals surface area contributed by atoms with Gasteiger partial charge in [-0.1, -0.05) is 31.5 Å². The molecule has 2 unspecified atom stereocenters. The number of carbonyl (C=O) groups excluding carboxylic acids is 1. The maximum atomic E-state index is 12.9.